The third kappa shape index (κ3) is 3.25. The molecule has 2 aliphatic carbocycles. The van der Waals surface area contributed by atoms with Crippen LogP contribution in [0.3, 0.4) is 0 Å². The standard InChI is InChI=1S/C19H36OSi/c1-14(2)21(15(3)4,16(5)6)20-19-13-9-11-17-10-7-8-12-18(17)19/h13-18H,7-12H2,1-6H3. The van der Waals surface area contributed by atoms with E-state index in [0.29, 0.717) is 16.6 Å². The lowest BCUT2D eigenvalue weighted by atomic mass is 9.73. The van der Waals surface area contributed by atoms with Gasteiger partial charge in [0.1, 0.15) is 0 Å². The lowest BCUT2D eigenvalue weighted by Gasteiger charge is -2.46. The van der Waals surface area contributed by atoms with Gasteiger partial charge in [0, 0.05) is 5.92 Å². The summed E-state index contributed by atoms with van der Waals surface area (Å²) in [4.78, 5) is 0. The maximum atomic E-state index is 7.03. The molecule has 2 heteroatoms. The predicted octanol–water partition coefficient (Wildman–Crippen LogP) is 6.66. The second-order valence-electron chi connectivity index (χ2n) is 8.25. The first-order chi connectivity index (χ1) is 9.89. The van der Waals surface area contributed by atoms with Crippen LogP contribution in [0.2, 0.25) is 16.6 Å². The fourth-order valence-electron chi connectivity index (χ4n) is 5.19. The van der Waals surface area contributed by atoms with E-state index in [1.807, 2.05) is 0 Å². The van der Waals surface area contributed by atoms with Gasteiger partial charge in [0.05, 0.1) is 5.76 Å². The number of allylic oxidation sites excluding steroid dienone is 2. The monoisotopic (exact) mass is 308 g/mol. The molecule has 2 unspecified atom stereocenters. The van der Waals surface area contributed by atoms with Gasteiger partial charge >= 0.3 is 0 Å². The summed E-state index contributed by atoms with van der Waals surface area (Å²) in [5.41, 5.74) is 2.05. The molecule has 0 amide bonds. The van der Waals surface area contributed by atoms with E-state index in [1.54, 1.807) is 0 Å². The van der Waals surface area contributed by atoms with Gasteiger partial charge in [0.2, 0.25) is 0 Å². The van der Waals surface area contributed by atoms with Gasteiger partial charge in [0.15, 0.2) is 0 Å². The summed E-state index contributed by atoms with van der Waals surface area (Å²) < 4.78 is 7.03. The molecular formula is C19H36OSi. The van der Waals surface area contributed by atoms with Crippen molar-refractivity contribution in [1.29, 1.82) is 0 Å². The third-order valence-corrected chi connectivity index (χ3v) is 12.2. The second kappa shape index (κ2) is 6.89. The minimum absolute atomic E-state index is 0.683. The Bertz CT molecular complexity index is 348. The summed E-state index contributed by atoms with van der Waals surface area (Å²) in [6.07, 6.45) is 10.8. The third-order valence-electron chi connectivity index (χ3n) is 6.16. The highest BCUT2D eigenvalue weighted by Gasteiger charge is 2.48. The first-order valence-corrected chi connectivity index (χ1v) is 11.4. The van der Waals surface area contributed by atoms with Crippen molar-refractivity contribution in [1.82, 2.24) is 0 Å². The SMILES string of the molecule is CC(C)[Si](OC1=CCCC2CCCCC12)(C(C)C)C(C)C. The van der Waals surface area contributed by atoms with Crippen molar-refractivity contribution in [2.45, 2.75) is 96.7 Å². The minimum Gasteiger partial charge on any atom is -0.546 e. The highest BCUT2D eigenvalue weighted by Crippen LogP contribution is 2.48. The molecule has 0 spiro atoms. The van der Waals surface area contributed by atoms with E-state index in [1.165, 1.54) is 44.3 Å². The molecule has 0 saturated heterocycles. The Morgan fingerprint density at radius 3 is 2.05 bits per heavy atom. The zero-order valence-electron chi connectivity index (χ0n) is 15.1. The zero-order valence-corrected chi connectivity index (χ0v) is 16.1. The van der Waals surface area contributed by atoms with E-state index in [-0.39, 0.29) is 0 Å². The van der Waals surface area contributed by atoms with Gasteiger partial charge in [-0.15, -0.1) is 0 Å². The molecule has 0 N–H and O–H groups in total. The Balaban J connectivity index is 2.25. The van der Waals surface area contributed by atoms with Crippen LogP contribution < -0.4 is 0 Å². The largest absolute Gasteiger partial charge is 0.546 e. The highest BCUT2D eigenvalue weighted by molar-refractivity contribution is 6.77. The molecule has 0 heterocycles. The van der Waals surface area contributed by atoms with Crippen LogP contribution >= 0.6 is 0 Å². The molecule has 0 aliphatic heterocycles. The quantitative estimate of drug-likeness (QED) is 0.516. The summed E-state index contributed by atoms with van der Waals surface area (Å²) in [6, 6.07) is 0. The van der Waals surface area contributed by atoms with E-state index in [2.05, 4.69) is 47.6 Å². The lowest BCUT2D eigenvalue weighted by Crippen LogP contribution is -2.48. The lowest BCUT2D eigenvalue weighted by molar-refractivity contribution is 0.177. The van der Waals surface area contributed by atoms with Gasteiger partial charge in [-0.3, -0.25) is 0 Å². The molecule has 1 saturated carbocycles. The summed E-state index contributed by atoms with van der Waals surface area (Å²) in [5, 5.41) is 0. The van der Waals surface area contributed by atoms with Gasteiger partial charge in [-0.05, 0) is 54.3 Å². The maximum Gasteiger partial charge on any atom is 0.258 e. The molecule has 0 aromatic carbocycles. The number of hydrogen-bond acceptors (Lipinski definition) is 1. The molecule has 122 valence electrons. The molecule has 0 radical (unpaired) electrons. The summed E-state index contributed by atoms with van der Waals surface area (Å²) >= 11 is 0. The minimum atomic E-state index is -1.76. The second-order valence-corrected chi connectivity index (χ2v) is 13.6. The first kappa shape index (κ1) is 17.1. The van der Waals surface area contributed by atoms with Gasteiger partial charge < -0.3 is 4.43 Å². The van der Waals surface area contributed by atoms with Crippen LogP contribution in [0.25, 0.3) is 0 Å². The fraction of sp³-hybridized carbons (Fsp3) is 0.895. The van der Waals surface area contributed by atoms with Crippen molar-refractivity contribution in [3.05, 3.63) is 11.8 Å². The Morgan fingerprint density at radius 1 is 0.905 bits per heavy atom. The fourth-order valence-corrected chi connectivity index (χ4v) is 10.5. The summed E-state index contributed by atoms with van der Waals surface area (Å²) in [6.45, 7) is 14.4. The average Bonchev–Trinajstić information content (AvgIpc) is 2.43. The molecule has 2 atom stereocenters. The van der Waals surface area contributed by atoms with Gasteiger partial charge in [-0.1, -0.05) is 54.4 Å². The van der Waals surface area contributed by atoms with Gasteiger partial charge in [-0.2, -0.15) is 0 Å². The zero-order chi connectivity index (χ0) is 15.6. The van der Waals surface area contributed by atoms with Crippen molar-refractivity contribution in [2.24, 2.45) is 11.8 Å². The maximum absolute atomic E-state index is 7.03. The Hall–Kier alpha value is -0.243. The van der Waals surface area contributed by atoms with Crippen LogP contribution in [-0.2, 0) is 4.43 Å². The van der Waals surface area contributed by atoms with E-state index in [9.17, 15) is 0 Å². The molecule has 21 heavy (non-hydrogen) atoms. The molecule has 1 nitrogen and oxygen atoms in total. The molecule has 2 aliphatic rings. The Morgan fingerprint density at radius 2 is 1.48 bits per heavy atom. The van der Waals surface area contributed by atoms with Crippen LogP contribution in [0.4, 0.5) is 0 Å². The summed E-state index contributed by atoms with van der Waals surface area (Å²) in [7, 11) is -1.76. The highest BCUT2D eigenvalue weighted by atomic mass is 28.4. The smallest absolute Gasteiger partial charge is 0.258 e. The van der Waals surface area contributed by atoms with Crippen LogP contribution in [0, 0.1) is 11.8 Å². The normalized spacial score (nSPS) is 27.0. The number of hydrogen-bond donors (Lipinski definition) is 0. The molecule has 0 bridgehead atoms. The van der Waals surface area contributed by atoms with E-state index in [0.717, 1.165) is 11.8 Å². The van der Waals surface area contributed by atoms with Crippen molar-refractivity contribution in [3.8, 4) is 0 Å². The van der Waals surface area contributed by atoms with Crippen molar-refractivity contribution >= 4 is 8.32 Å². The van der Waals surface area contributed by atoms with Gasteiger partial charge in [0.25, 0.3) is 8.32 Å². The van der Waals surface area contributed by atoms with E-state index < -0.39 is 8.32 Å². The molecular weight excluding hydrogens is 272 g/mol. The number of rotatable bonds is 5. The van der Waals surface area contributed by atoms with Gasteiger partial charge in [-0.25, -0.2) is 0 Å². The molecule has 0 aromatic heterocycles. The van der Waals surface area contributed by atoms with E-state index >= 15 is 0 Å². The van der Waals surface area contributed by atoms with Crippen LogP contribution in [0.15, 0.2) is 11.8 Å². The molecule has 2 rings (SSSR count). The van der Waals surface area contributed by atoms with Crippen LogP contribution in [-0.4, -0.2) is 8.32 Å². The number of fused-ring (bicyclic) bond motifs is 1. The van der Waals surface area contributed by atoms with E-state index in [4.69, 9.17) is 4.43 Å². The predicted molar refractivity (Wildman–Crippen MR) is 94.9 cm³/mol. The Kier molecular flexibility index (Phi) is 5.62. The van der Waals surface area contributed by atoms with Crippen molar-refractivity contribution in [2.75, 3.05) is 0 Å². The first-order valence-electron chi connectivity index (χ1n) is 9.28. The van der Waals surface area contributed by atoms with Crippen molar-refractivity contribution in [3.63, 3.8) is 0 Å². The average molecular weight is 309 g/mol. The topological polar surface area (TPSA) is 9.23 Å². The van der Waals surface area contributed by atoms with Crippen molar-refractivity contribution < 1.29 is 4.43 Å². The van der Waals surface area contributed by atoms with Crippen LogP contribution in [0.5, 0.6) is 0 Å². The molecule has 0 aromatic rings. The molecule has 1 fully saturated rings. The van der Waals surface area contributed by atoms with Crippen LogP contribution in [0.1, 0.15) is 80.1 Å². The Labute approximate surface area is 133 Å². The summed E-state index contributed by atoms with van der Waals surface area (Å²) in [5.74, 6) is 3.07.